The Kier molecular flexibility index (Phi) is 10.2. The maximum atomic E-state index is 13.7. The lowest BCUT2D eigenvalue weighted by molar-refractivity contribution is -0.148. The Bertz CT molecular complexity index is 1020. The SMILES string of the molecule is CCCCN(CCCC)C(=O)CN1CC(c2cc(OC)c3c(c2)OCO3)[C@H](C(=O)O)[C@H]1CC(C)(C)C1OCCO1. The molecule has 4 rings (SSSR count). The Morgan fingerprint density at radius 3 is 2.38 bits per heavy atom. The fourth-order valence-corrected chi connectivity index (χ4v) is 6.23. The summed E-state index contributed by atoms with van der Waals surface area (Å²) in [6, 6.07) is 3.31. The highest BCUT2D eigenvalue weighted by Gasteiger charge is 2.51. The number of nitrogens with zero attached hydrogens (tertiary/aromatic N) is 2. The first-order chi connectivity index (χ1) is 19.2. The second-order valence-electron chi connectivity index (χ2n) is 11.8. The summed E-state index contributed by atoms with van der Waals surface area (Å²) >= 11 is 0. The summed E-state index contributed by atoms with van der Waals surface area (Å²) in [5.74, 6) is -0.385. The maximum absolute atomic E-state index is 13.7. The summed E-state index contributed by atoms with van der Waals surface area (Å²) in [6.07, 6.45) is 3.98. The molecule has 10 nitrogen and oxygen atoms in total. The van der Waals surface area contributed by atoms with E-state index in [1.807, 2.05) is 30.9 Å². The number of carbonyl (C=O) groups excluding carboxylic acids is 1. The van der Waals surface area contributed by atoms with Crippen molar-refractivity contribution in [1.82, 2.24) is 9.80 Å². The van der Waals surface area contributed by atoms with Crippen LogP contribution in [0.5, 0.6) is 17.2 Å². The molecule has 2 saturated heterocycles. The van der Waals surface area contributed by atoms with Gasteiger partial charge < -0.3 is 33.7 Å². The smallest absolute Gasteiger partial charge is 0.308 e. The Morgan fingerprint density at radius 2 is 1.77 bits per heavy atom. The molecule has 1 unspecified atom stereocenters. The summed E-state index contributed by atoms with van der Waals surface area (Å²) < 4.78 is 28.5. The number of benzene rings is 1. The van der Waals surface area contributed by atoms with Crippen LogP contribution in [0.15, 0.2) is 12.1 Å². The molecule has 40 heavy (non-hydrogen) atoms. The Hall–Kier alpha value is -2.56. The average Bonchev–Trinajstić information content (AvgIpc) is 3.69. The maximum Gasteiger partial charge on any atom is 0.308 e. The number of carbonyl (C=O) groups is 2. The molecule has 0 saturated carbocycles. The minimum Gasteiger partial charge on any atom is -0.493 e. The normalized spacial score (nSPS) is 23.1. The van der Waals surface area contributed by atoms with Crippen LogP contribution in [0.1, 0.15) is 71.3 Å². The van der Waals surface area contributed by atoms with Crippen LogP contribution in [-0.4, -0.2) is 92.4 Å². The summed E-state index contributed by atoms with van der Waals surface area (Å²) in [4.78, 5) is 30.7. The van der Waals surface area contributed by atoms with Gasteiger partial charge in [0, 0.05) is 37.0 Å². The summed E-state index contributed by atoms with van der Waals surface area (Å²) in [6.45, 7) is 11.5. The largest absolute Gasteiger partial charge is 0.493 e. The zero-order valence-corrected chi connectivity index (χ0v) is 24.6. The standard InChI is InChI=1S/C30H46N2O8/c1-6-8-10-31(11-9-7-2)25(33)18-32-17-21(20-14-23(36-5)27-24(15-20)39-19-40-27)26(28(34)35)22(32)16-30(3,4)29-37-12-13-38-29/h14-15,21-22,26,29H,6-13,16-19H2,1-5H3,(H,34,35)/t21?,22-,26+/m1/s1. The molecule has 3 atom stereocenters. The highest BCUT2D eigenvalue weighted by atomic mass is 16.7. The van der Waals surface area contributed by atoms with Gasteiger partial charge in [-0.3, -0.25) is 14.5 Å². The van der Waals surface area contributed by atoms with Gasteiger partial charge in [0.1, 0.15) is 0 Å². The van der Waals surface area contributed by atoms with Gasteiger partial charge in [-0.05, 0) is 37.0 Å². The Morgan fingerprint density at radius 1 is 1.10 bits per heavy atom. The number of hydrogen-bond donors (Lipinski definition) is 1. The molecule has 0 bridgehead atoms. The van der Waals surface area contributed by atoms with Gasteiger partial charge in [-0.1, -0.05) is 40.5 Å². The van der Waals surface area contributed by atoms with Gasteiger partial charge in [-0.15, -0.1) is 0 Å². The third kappa shape index (κ3) is 6.66. The number of methoxy groups -OCH3 is 1. The number of rotatable bonds is 14. The highest BCUT2D eigenvalue weighted by Crippen LogP contribution is 2.48. The molecular weight excluding hydrogens is 516 g/mol. The lowest BCUT2D eigenvalue weighted by Crippen LogP contribution is -2.47. The molecule has 1 amide bonds. The van der Waals surface area contributed by atoms with Crippen LogP contribution in [0.25, 0.3) is 0 Å². The summed E-state index contributed by atoms with van der Waals surface area (Å²) in [5.41, 5.74) is 0.343. The quantitative estimate of drug-likeness (QED) is 0.358. The summed E-state index contributed by atoms with van der Waals surface area (Å²) in [5, 5.41) is 10.6. The Balaban J connectivity index is 1.67. The van der Waals surface area contributed by atoms with Crippen LogP contribution in [0.4, 0.5) is 0 Å². The molecule has 3 heterocycles. The predicted octanol–water partition coefficient (Wildman–Crippen LogP) is 4.11. The minimum atomic E-state index is -0.889. The van der Waals surface area contributed by atoms with Crippen molar-refractivity contribution in [2.45, 2.75) is 78.0 Å². The van der Waals surface area contributed by atoms with Crippen molar-refractivity contribution >= 4 is 11.9 Å². The van der Waals surface area contributed by atoms with Gasteiger partial charge in [0.25, 0.3) is 0 Å². The van der Waals surface area contributed by atoms with E-state index in [-0.39, 0.29) is 25.2 Å². The van der Waals surface area contributed by atoms with Crippen molar-refractivity contribution in [3.63, 3.8) is 0 Å². The molecule has 2 fully saturated rings. The number of carboxylic acid groups (broad SMARTS) is 1. The van der Waals surface area contributed by atoms with Crippen LogP contribution in [-0.2, 0) is 19.1 Å². The van der Waals surface area contributed by atoms with Crippen molar-refractivity contribution in [1.29, 1.82) is 0 Å². The molecule has 10 heteroatoms. The molecule has 3 aliphatic heterocycles. The van der Waals surface area contributed by atoms with Gasteiger partial charge in [-0.25, -0.2) is 0 Å². The van der Waals surface area contributed by atoms with Crippen LogP contribution >= 0.6 is 0 Å². The highest BCUT2D eigenvalue weighted by molar-refractivity contribution is 5.79. The first kappa shape index (κ1) is 30.4. The molecule has 224 valence electrons. The van der Waals surface area contributed by atoms with Gasteiger partial charge in [0.2, 0.25) is 18.4 Å². The molecule has 0 radical (unpaired) electrons. The van der Waals surface area contributed by atoms with E-state index in [0.29, 0.717) is 56.5 Å². The third-order valence-electron chi connectivity index (χ3n) is 8.39. The number of aliphatic carboxylic acids is 1. The lowest BCUT2D eigenvalue weighted by Gasteiger charge is -2.37. The second-order valence-corrected chi connectivity index (χ2v) is 11.8. The minimum absolute atomic E-state index is 0.0473. The van der Waals surface area contributed by atoms with Gasteiger partial charge in [0.15, 0.2) is 17.8 Å². The van der Waals surface area contributed by atoms with Crippen molar-refractivity contribution in [3.8, 4) is 17.2 Å². The van der Waals surface area contributed by atoms with E-state index in [4.69, 9.17) is 23.7 Å². The molecule has 1 aromatic rings. The molecule has 0 spiro atoms. The number of carboxylic acids is 1. The van der Waals surface area contributed by atoms with E-state index in [9.17, 15) is 14.7 Å². The van der Waals surface area contributed by atoms with E-state index < -0.39 is 29.6 Å². The number of ether oxygens (including phenoxy) is 5. The monoisotopic (exact) mass is 562 g/mol. The van der Waals surface area contributed by atoms with Crippen LogP contribution < -0.4 is 14.2 Å². The van der Waals surface area contributed by atoms with E-state index in [1.54, 1.807) is 7.11 Å². The second kappa shape index (κ2) is 13.4. The molecule has 0 aliphatic carbocycles. The van der Waals surface area contributed by atoms with Crippen molar-refractivity contribution in [3.05, 3.63) is 17.7 Å². The number of likely N-dealkylation sites (tertiary alicyclic amines) is 1. The van der Waals surface area contributed by atoms with E-state index >= 15 is 0 Å². The predicted molar refractivity (Wildman–Crippen MR) is 149 cm³/mol. The summed E-state index contributed by atoms with van der Waals surface area (Å²) in [7, 11) is 1.56. The molecule has 1 N–H and O–H groups in total. The first-order valence-electron chi connectivity index (χ1n) is 14.7. The van der Waals surface area contributed by atoms with Crippen molar-refractivity contribution in [2.24, 2.45) is 11.3 Å². The van der Waals surface area contributed by atoms with Crippen LogP contribution in [0, 0.1) is 11.3 Å². The fourth-order valence-electron chi connectivity index (χ4n) is 6.23. The van der Waals surface area contributed by atoms with Crippen molar-refractivity contribution < 1.29 is 38.4 Å². The van der Waals surface area contributed by atoms with E-state index in [1.165, 1.54) is 0 Å². The lowest BCUT2D eigenvalue weighted by atomic mass is 9.77. The zero-order chi connectivity index (χ0) is 28.9. The van der Waals surface area contributed by atoms with E-state index in [2.05, 4.69) is 18.7 Å². The third-order valence-corrected chi connectivity index (χ3v) is 8.39. The topological polar surface area (TPSA) is 107 Å². The number of unbranched alkanes of at least 4 members (excludes halogenated alkanes) is 2. The van der Waals surface area contributed by atoms with Gasteiger partial charge in [-0.2, -0.15) is 0 Å². The zero-order valence-electron chi connectivity index (χ0n) is 24.6. The number of fused-ring (bicyclic) bond motifs is 1. The fraction of sp³-hybridized carbons (Fsp3) is 0.733. The number of amides is 1. The molecular formula is C30H46N2O8. The Labute approximate surface area is 237 Å². The van der Waals surface area contributed by atoms with Crippen LogP contribution in [0.3, 0.4) is 0 Å². The van der Waals surface area contributed by atoms with Gasteiger partial charge >= 0.3 is 5.97 Å². The van der Waals surface area contributed by atoms with E-state index in [0.717, 1.165) is 31.2 Å². The van der Waals surface area contributed by atoms with Crippen LogP contribution in [0.2, 0.25) is 0 Å². The first-order valence-corrected chi connectivity index (χ1v) is 14.7. The molecule has 0 aromatic heterocycles. The molecule has 1 aromatic carbocycles. The number of hydrogen-bond acceptors (Lipinski definition) is 8. The van der Waals surface area contributed by atoms with Gasteiger partial charge in [0.05, 0.1) is 32.8 Å². The van der Waals surface area contributed by atoms with Crippen molar-refractivity contribution in [2.75, 3.05) is 53.3 Å². The molecule has 3 aliphatic rings. The average molecular weight is 563 g/mol.